The third-order valence-corrected chi connectivity index (χ3v) is 4.10. The Morgan fingerprint density at radius 3 is 2.50 bits per heavy atom. The van der Waals surface area contributed by atoms with Crippen molar-refractivity contribution in [1.29, 1.82) is 0 Å². The van der Waals surface area contributed by atoms with E-state index in [1.54, 1.807) is 11.3 Å². The number of aryl methyl sites for hydroxylation is 1. The zero-order valence-corrected chi connectivity index (χ0v) is 12.4. The predicted octanol–water partition coefficient (Wildman–Crippen LogP) is 4.94. The van der Waals surface area contributed by atoms with Crippen molar-refractivity contribution in [3.8, 4) is 0 Å². The fourth-order valence-electron chi connectivity index (χ4n) is 2.28. The number of benzene rings is 2. The maximum Gasteiger partial charge on any atom is 0.0907 e. The number of thiazole rings is 1. The molecule has 100 valence electrons. The van der Waals surface area contributed by atoms with Gasteiger partial charge in [0.15, 0.2) is 0 Å². The molecule has 0 radical (unpaired) electrons. The van der Waals surface area contributed by atoms with E-state index in [0.717, 1.165) is 22.6 Å². The molecule has 3 heteroatoms. The van der Waals surface area contributed by atoms with Gasteiger partial charge in [0.1, 0.15) is 0 Å². The number of nitrogens with zero attached hydrogens (tertiary/aromatic N) is 2. The lowest BCUT2D eigenvalue weighted by Gasteiger charge is -1.91. The topological polar surface area (TPSA) is 25.2 Å². The van der Waals surface area contributed by atoms with E-state index >= 15 is 0 Å². The van der Waals surface area contributed by atoms with E-state index in [4.69, 9.17) is 0 Å². The van der Waals surface area contributed by atoms with Crippen molar-refractivity contribution in [2.24, 2.45) is 4.99 Å². The van der Waals surface area contributed by atoms with Crippen LogP contribution in [0.15, 0.2) is 53.5 Å². The van der Waals surface area contributed by atoms with Crippen LogP contribution in [0, 0.1) is 6.92 Å². The second-order valence-electron chi connectivity index (χ2n) is 4.85. The Morgan fingerprint density at radius 1 is 0.950 bits per heavy atom. The molecule has 2 nitrogen and oxygen atoms in total. The first kappa shape index (κ1) is 13.0. The summed E-state index contributed by atoms with van der Waals surface area (Å²) < 4.78 is 1.28. The lowest BCUT2D eigenvalue weighted by atomic mass is 10.1. The molecule has 20 heavy (non-hydrogen) atoms. The lowest BCUT2D eigenvalue weighted by molar-refractivity contribution is 1.35. The number of aromatic nitrogens is 1. The van der Waals surface area contributed by atoms with E-state index in [2.05, 4.69) is 41.2 Å². The number of hydrogen-bond acceptors (Lipinski definition) is 3. The van der Waals surface area contributed by atoms with Gasteiger partial charge in [0.2, 0.25) is 0 Å². The third kappa shape index (κ3) is 2.78. The Morgan fingerprint density at radius 2 is 1.70 bits per heavy atom. The van der Waals surface area contributed by atoms with Gasteiger partial charge in [-0.1, -0.05) is 30.3 Å². The minimum absolute atomic E-state index is 1.04. The summed E-state index contributed by atoms with van der Waals surface area (Å²) in [5, 5.41) is 1.14. The van der Waals surface area contributed by atoms with Gasteiger partial charge in [0.25, 0.3) is 0 Å². The van der Waals surface area contributed by atoms with E-state index in [1.807, 2.05) is 31.2 Å². The highest BCUT2D eigenvalue weighted by Gasteiger charge is 2.08. The Kier molecular flexibility index (Phi) is 3.61. The highest BCUT2D eigenvalue weighted by Crippen LogP contribution is 2.25. The summed E-state index contributed by atoms with van der Waals surface area (Å²) in [7, 11) is 0. The van der Waals surface area contributed by atoms with Crippen LogP contribution in [0.4, 0.5) is 5.69 Å². The zero-order chi connectivity index (χ0) is 13.9. The minimum atomic E-state index is 1.04. The van der Waals surface area contributed by atoms with Crippen molar-refractivity contribution in [3.05, 3.63) is 59.1 Å². The molecule has 2 aromatic carbocycles. The summed E-state index contributed by atoms with van der Waals surface area (Å²) in [6.07, 6.45) is 1.04. The van der Waals surface area contributed by atoms with Crippen molar-refractivity contribution in [3.63, 3.8) is 0 Å². The Labute approximate surface area is 122 Å². The average Bonchev–Trinajstić information content (AvgIpc) is 2.99. The molecule has 0 N–H and O–H groups in total. The minimum Gasteiger partial charge on any atom is -0.257 e. The maximum atomic E-state index is 4.37. The van der Waals surface area contributed by atoms with Crippen LogP contribution in [0.5, 0.6) is 0 Å². The van der Waals surface area contributed by atoms with Crippen LogP contribution in [-0.2, 0) is 6.42 Å². The van der Waals surface area contributed by atoms with Gasteiger partial charge in [0, 0.05) is 12.1 Å². The van der Waals surface area contributed by atoms with Crippen LogP contribution in [0.1, 0.15) is 17.5 Å². The van der Waals surface area contributed by atoms with Gasteiger partial charge in [-0.05, 0) is 37.6 Å². The zero-order valence-electron chi connectivity index (χ0n) is 11.6. The van der Waals surface area contributed by atoms with Crippen molar-refractivity contribution >= 4 is 33.0 Å². The Balaban J connectivity index is 0.000000121. The van der Waals surface area contributed by atoms with Gasteiger partial charge in [-0.15, -0.1) is 11.3 Å². The Hall–Kier alpha value is -2.00. The van der Waals surface area contributed by atoms with Gasteiger partial charge < -0.3 is 0 Å². The molecule has 0 unspecified atom stereocenters. The van der Waals surface area contributed by atoms with Gasteiger partial charge in [-0.25, -0.2) is 4.98 Å². The van der Waals surface area contributed by atoms with Crippen LogP contribution < -0.4 is 0 Å². The number of para-hydroxylation sites is 2. The van der Waals surface area contributed by atoms with Crippen LogP contribution in [-0.4, -0.2) is 10.7 Å². The highest BCUT2D eigenvalue weighted by atomic mass is 32.1. The molecular weight excluding hydrogens is 264 g/mol. The van der Waals surface area contributed by atoms with Crippen molar-refractivity contribution in [2.75, 3.05) is 0 Å². The molecule has 0 fully saturated rings. The normalized spacial score (nSPS) is 12.6. The lowest BCUT2D eigenvalue weighted by Crippen LogP contribution is -1.87. The van der Waals surface area contributed by atoms with Gasteiger partial charge in [-0.3, -0.25) is 4.99 Å². The number of fused-ring (bicyclic) bond motifs is 2. The third-order valence-electron chi connectivity index (χ3n) is 3.15. The Bertz CT molecular complexity index is 738. The van der Waals surface area contributed by atoms with E-state index < -0.39 is 0 Å². The van der Waals surface area contributed by atoms with Gasteiger partial charge in [-0.2, -0.15) is 0 Å². The fraction of sp³-hybridized carbons (Fsp3) is 0.176. The first-order chi connectivity index (χ1) is 9.72. The van der Waals surface area contributed by atoms with E-state index in [1.165, 1.54) is 16.0 Å². The summed E-state index contributed by atoms with van der Waals surface area (Å²) >= 11 is 1.74. The average molecular weight is 280 g/mol. The van der Waals surface area contributed by atoms with E-state index in [9.17, 15) is 0 Å². The number of rotatable bonds is 0. The second kappa shape index (κ2) is 5.55. The molecular formula is C17H16N2S. The largest absolute Gasteiger partial charge is 0.257 e. The molecule has 0 aliphatic carbocycles. The van der Waals surface area contributed by atoms with Gasteiger partial charge in [0.05, 0.1) is 20.9 Å². The summed E-state index contributed by atoms with van der Waals surface area (Å²) in [6, 6.07) is 16.5. The van der Waals surface area contributed by atoms with Crippen molar-refractivity contribution in [1.82, 2.24) is 4.98 Å². The molecule has 1 aliphatic rings. The molecule has 0 bridgehead atoms. The molecule has 0 spiro atoms. The van der Waals surface area contributed by atoms with Crippen molar-refractivity contribution in [2.45, 2.75) is 20.3 Å². The van der Waals surface area contributed by atoms with Crippen LogP contribution in [0.2, 0.25) is 0 Å². The SMILES string of the molecule is CC1=Nc2ccccc2C1.Cc1nc2ccccc2s1. The van der Waals surface area contributed by atoms with Crippen LogP contribution in [0.25, 0.3) is 10.2 Å². The number of hydrogen-bond donors (Lipinski definition) is 0. The fourth-order valence-corrected chi connectivity index (χ4v) is 3.10. The van der Waals surface area contributed by atoms with E-state index in [-0.39, 0.29) is 0 Å². The molecule has 1 aliphatic heterocycles. The quantitative estimate of drug-likeness (QED) is 0.572. The smallest absolute Gasteiger partial charge is 0.0907 e. The first-order valence-corrected chi connectivity index (χ1v) is 7.48. The second-order valence-corrected chi connectivity index (χ2v) is 6.09. The molecule has 0 saturated heterocycles. The molecule has 4 rings (SSSR count). The summed E-state index contributed by atoms with van der Waals surface area (Å²) in [5.41, 5.74) is 4.85. The maximum absolute atomic E-state index is 4.37. The van der Waals surface area contributed by atoms with Crippen LogP contribution in [0.3, 0.4) is 0 Å². The number of aliphatic imine (C=N–C) groups is 1. The molecule has 1 aromatic heterocycles. The molecule has 0 saturated carbocycles. The molecule has 2 heterocycles. The van der Waals surface area contributed by atoms with Crippen LogP contribution >= 0.6 is 11.3 Å². The first-order valence-electron chi connectivity index (χ1n) is 6.66. The standard InChI is InChI=1S/C9H9N.C8H7NS/c1-7-6-8-4-2-3-5-9(8)10-7;1-6-9-7-4-2-3-5-8(7)10-6/h2-5H,6H2,1H3;2-5H,1H3. The molecule has 0 amide bonds. The van der Waals surface area contributed by atoms with Crippen molar-refractivity contribution < 1.29 is 0 Å². The van der Waals surface area contributed by atoms with E-state index in [0.29, 0.717) is 0 Å². The highest BCUT2D eigenvalue weighted by molar-refractivity contribution is 7.18. The monoisotopic (exact) mass is 280 g/mol. The summed E-state index contributed by atoms with van der Waals surface area (Å²) in [5.74, 6) is 0. The summed E-state index contributed by atoms with van der Waals surface area (Å²) in [6.45, 7) is 4.10. The molecule has 3 aromatic rings. The predicted molar refractivity (Wildman–Crippen MR) is 87.3 cm³/mol. The molecule has 0 atom stereocenters. The summed E-state index contributed by atoms with van der Waals surface area (Å²) in [4.78, 5) is 8.70. The van der Waals surface area contributed by atoms with Gasteiger partial charge >= 0.3 is 0 Å².